The van der Waals surface area contributed by atoms with E-state index in [1.165, 1.54) is 6.07 Å². The van der Waals surface area contributed by atoms with Crippen molar-refractivity contribution in [3.05, 3.63) is 62.7 Å². The maximum absolute atomic E-state index is 14.0. The number of nitro benzene ring substituents is 1. The molecule has 2 aromatic carbocycles. The Balaban J connectivity index is 1.54. The van der Waals surface area contributed by atoms with E-state index in [2.05, 4.69) is 10.2 Å². The molecule has 0 saturated carbocycles. The number of amides is 3. The molecular weight excluding hydrogens is 436 g/mol. The minimum absolute atomic E-state index is 0.151. The van der Waals surface area contributed by atoms with Gasteiger partial charge in [-0.25, -0.2) is 4.90 Å². The fraction of sp³-hybridized carbons (Fsp3) is 0.400. The van der Waals surface area contributed by atoms with Crippen LogP contribution >= 0.6 is 0 Å². The van der Waals surface area contributed by atoms with Crippen LogP contribution in [0, 0.1) is 42.7 Å². The Bertz CT molecular complexity index is 1340. The quantitative estimate of drug-likeness (QED) is 0.419. The fourth-order valence-corrected chi connectivity index (χ4v) is 6.71. The summed E-state index contributed by atoms with van der Waals surface area (Å²) in [7, 11) is 0. The molecule has 2 aromatic rings. The zero-order chi connectivity index (χ0) is 24.1. The molecule has 4 atom stereocenters. The summed E-state index contributed by atoms with van der Waals surface area (Å²) in [6, 6.07) is 8.02. The number of nitrogens with zero attached hydrogens (tertiary/aromatic N) is 3. The first-order chi connectivity index (χ1) is 16.2. The molecule has 3 fully saturated rings. The molecule has 0 radical (unpaired) electrons. The number of anilines is 2. The first-order valence-electron chi connectivity index (χ1n) is 11.5. The lowest BCUT2D eigenvalue weighted by molar-refractivity contribution is -0.385. The minimum atomic E-state index is -1.25. The van der Waals surface area contributed by atoms with E-state index in [4.69, 9.17) is 0 Å². The molecule has 4 aliphatic heterocycles. The van der Waals surface area contributed by atoms with Crippen molar-refractivity contribution in [2.75, 3.05) is 16.8 Å². The van der Waals surface area contributed by atoms with E-state index < -0.39 is 28.2 Å². The normalized spacial score (nSPS) is 29.6. The van der Waals surface area contributed by atoms with Gasteiger partial charge in [-0.1, -0.05) is 18.2 Å². The predicted octanol–water partition coefficient (Wildman–Crippen LogP) is 2.95. The molecule has 3 saturated heterocycles. The third-order valence-electron chi connectivity index (χ3n) is 8.35. The number of rotatable bonds is 2. The van der Waals surface area contributed by atoms with Crippen LogP contribution in [0.1, 0.15) is 35.1 Å². The van der Waals surface area contributed by atoms with Crippen LogP contribution in [-0.4, -0.2) is 40.1 Å². The van der Waals surface area contributed by atoms with E-state index in [9.17, 15) is 24.5 Å². The first kappa shape index (κ1) is 21.0. The van der Waals surface area contributed by atoms with Crippen molar-refractivity contribution in [1.29, 1.82) is 0 Å². The minimum Gasteiger partial charge on any atom is -0.324 e. The van der Waals surface area contributed by atoms with Gasteiger partial charge in [0.2, 0.25) is 17.7 Å². The van der Waals surface area contributed by atoms with Crippen molar-refractivity contribution in [3.63, 3.8) is 0 Å². The number of hydrogen-bond donors (Lipinski definition) is 1. The molecule has 3 amide bonds. The van der Waals surface area contributed by atoms with Crippen molar-refractivity contribution in [2.24, 2.45) is 11.8 Å². The number of carbonyl (C=O) groups is 3. The number of benzene rings is 2. The molecule has 4 heterocycles. The summed E-state index contributed by atoms with van der Waals surface area (Å²) in [6.45, 7) is 6.16. The van der Waals surface area contributed by atoms with E-state index >= 15 is 0 Å². The number of carbonyl (C=O) groups excluding carboxylic acids is 3. The Kier molecular flexibility index (Phi) is 4.15. The van der Waals surface area contributed by atoms with Crippen molar-refractivity contribution in [1.82, 2.24) is 4.90 Å². The van der Waals surface area contributed by atoms with E-state index in [0.29, 0.717) is 12.1 Å². The molecular formula is C25H24N4O5. The highest BCUT2D eigenvalue weighted by atomic mass is 16.6. The molecule has 0 aliphatic carbocycles. The van der Waals surface area contributed by atoms with Crippen LogP contribution in [0.3, 0.4) is 0 Å². The second-order valence-corrected chi connectivity index (χ2v) is 9.80. The van der Waals surface area contributed by atoms with Gasteiger partial charge >= 0.3 is 0 Å². The van der Waals surface area contributed by atoms with Crippen LogP contribution in [-0.2, 0) is 19.9 Å². The molecule has 4 aliphatic rings. The molecule has 0 unspecified atom stereocenters. The standard InChI is InChI=1S/C25H24N4O5/c1-12-7-9-16-21(14(12)3)26-24(32)25(16)20-19(17-5-4-10-27(17)25)22(30)28(23(20)31)15-8-6-13(2)18(11-15)29(33)34/h6-9,11,17,19-20H,4-5,10H2,1-3H3,(H,26,32)/t17-,19+,20-,25-/m0/s1. The molecule has 34 heavy (non-hydrogen) atoms. The highest BCUT2D eigenvalue weighted by Gasteiger charge is 2.74. The zero-order valence-corrected chi connectivity index (χ0v) is 19.1. The maximum Gasteiger partial charge on any atom is 0.274 e. The molecule has 6 rings (SSSR count). The Morgan fingerprint density at radius 1 is 1.06 bits per heavy atom. The highest BCUT2D eigenvalue weighted by molar-refractivity contribution is 6.26. The number of nitro groups is 1. The van der Waals surface area contributed by atoms with Crippen molar-refractivity contribution < 1.29 is 19.3 Å². The van der Waals surface area contributed by atoms with Gasteiger partial charge in [0.05, 0.1) is 22.4 Å². The lowest BCUT2D eigenvalue weighted by atomic mass is 9.75. The van der Waals surface area contributed by atoms with E-state index in [0.717, 1.165) is 40.1 Å². The van der Waals surface area contributed by atoms with Gasteiger partial charge in [-0.3, -0.25) is 29.4 Å². The van der Waals surface area contributed by atoms with Gasteiger partial charge in [-0.15, -0.1) is 0 Å². The summed E-state index contributed by atoms with van der Waals surface area (Å²) in [4.78, 5) is 55.6. The molecule has 0 bridgehead atoms. The Morgan fingerprint density at radius 2 is 1.79 bits per heavy atom. The average Bonchev–Trinajstić information content (AvgIpc) is 3.50. The average molecular weight is 460 g/mol. The van der Waals surface area contributed by atoms with Gasteiger partial charge in [0, 0.05) is 28.9 Å². The van der Waals surface area contributed by atoms with Crippen LogP contribution in [0.2, 0.25) is 0 Å². The van der Waals surface area contributed by atoms with Crippen LogP contribution < -0.4 is 10.2 Å². The molecule has 1 spiro atoms. The summed E-state index contributed by atoms with van der Waals surface area (Å²) in [5, 5.41) is 14.5. The lowest BCUT2D eigenvalue weighted by Crippen LogP contribution is -2.54. The first-order valence-corrected chi connectivity index (χ1v) is 11.5. The van der Waals surface area contributed by atoms with E-state index in [-0.39, 0.29) is 29.2 Å². The van der Waals surface area contributed by atoms with Crippen LogP contribution in [0.25, 0.3) is 0 Å². The predicted molar refractivity (Wildman–Crippen MR) is 123 cm³/mol. The number of nitrogens with one attached hydrogen (secondary N) is 1. The highest BCUT2D eigenvalue weighted by Crippen LogP contribution is 2.61. The van der Waals surface area contributed by atoms with Crippen molar-refractivity contribution in [2.45, 2.75) is 45.2 Å². The molecule has 0 aromatic heterocycles. The Hall–Kier alpha value is -3.59. The summed E-state index contributed by atoms with van der Waals surface area (Å²) < 4.78 is 0. The van der Waals surface area contributed by atoms with Gasteiger partial charge in [0.1, 0.15) is 5.54 Å². The van der Waals surface area contributed by atoms with Crippen molar-refractivity contribution >= 4 is 34.8 Å². The molecule has 9 nitrogen and oxygen atoms in total. The van der Waals surface area contributed by atoms with Gasteiger partial charge in [0.15, 0.2) is 0 Å². The van der Waals surface area contributed by atoms with Crippen molar-refractivity contribution in [3.8, 4) is 0 Å². The van der Waals surface area contributed by atoms with Crippen LogP contribution in [0.5, 0.6) is 0 Å². The summed E-state index contributed by atoms with van der Waals surface area (Å²) in [5.74, 6) is -2.67. The number of hydrogen-bond acceptors (Lipinski definition) is 6. The zero-order valence-electron chi connectivity index (χ0n) is 19.1. The van der Waals surface area contributed by atoms with E-state index in [1.807, 2.05) is 26.0 Å². The Morgan fingerprint density at radius 3 is 2.53 bits per heavy atom. The topological polar surface area (TPSA) is 113 Å². The van der Waals surface area contributed by atoms with Gasteiger partial charge < -0.3 is 5.32 Å². The monoisotopic (exact) mass is 460 g/mol. The van der Waals surface area contributed by atoms with Gasteiger partial charge in [-0.2, -0.15) is 0 Å². The third-order valence-corrected chi connectivity index (χ3v) is 8.35. The maximum atomic E-state index is 14.0. The van der Waals surface area contributed by atoms with Crippen LogP contribution in [0.4, 0.5) is 17.1 Å². The second kappa shape index (κ2) is 6.73. The molecule has 1 N–H and O–H groups in total. The van der Waals surface area contributed by atoms with Crippen LogP contribution in [0.15, 0.2) is 30.3 Å². The summed E-state index contributed by atoms with van der Waals surface area (Å²) >= 11 is 0. The lowest BCUT2D eigenvalue weighted by Gasteiger charge is -2.36. The van der Waals surface area contributed by atoms with Gasteiger partial charge in [0.25, 0.3) is 5.69 Å². The van der Waals surface area contributed by atoms with E-state index in [1.54, 1.807) is 19.1 Å². The summed E-state index contributed by atoms with van der Waals surface area (Å²) in [6.07, 6.45) is 1.55. The van der Waals surface area contributed by atoms with Gasteiger partial charge in [-0.05, 0) is 57.4 Å². The third kappa shape index (κ3) is 2.30. The largest absolute Gasteiger partial charge is 0.324 e. The summed E-state index contributed by atoms with van der Waals surface area (Å²) in [5.41, 5.74) is 2.68. The Labute approximate surface area is 195 Å². The second-order valence-electron chi connectivity index (χ2n) is 9.80. The number of aryl methyl sites for hydroxylation is 2. The smallest absolute Gasteiger partial charge is 0.274 e. The number of imide groups is 1. The number of fused-ring (bicyclic) bond motifs is 7. The molecule has 9 heteroatoms. The SMILES string of the molecule is Cc1ccc(N2C(=O)[C@H]3[C@@H](C2=O)[C@@]2(C(=O)Nc4c2ccc(C)c4C)N2CCC[C@@H]32)cc1[N+](=O)[O-]. The molecule has 174 valence electrons. The fourth-order valence-electron chi connectivity index (χ4n) is 6.71.